The van der Waals surface area contributed by atoms with Crippen LogP contribution in [0.15, 0.2) is 0 Å². The number of urea groups is 1. The average molecular weight is 318 g/mol. The van der Waals surface area contributed by atoms with Crippen LogP contribution in [0.3, 0.4) is 0 Å². The Hall–Kier alpha value is -1.31. The lowest BCUT2D eigenvalue weighted by Gasteiger charge is -2.35. The number of carboxylic acid groups (broad SMARTS) is 1. The molecule has 120 valence electrons. The molecule has 2 aliphatic heterocycles. The first-order chi connectivity index (χ1) is 9.87. The summed E-state index contributed by atoms with van der Waals surface area (Å²) < 4.78 is 22.7. The van der Waals surface area contributed by atoms with Gasteiger partial charge in [0.25, 0.3) is 0 Å². The molecule has 21 heavy (non-hydrogen) atoms. The number of aliphatic carboxylic acids is 1. The molecule has 0 aromatic carbocycles. The number of rotatable bonds is 4. The molecule has 2 amide bonds. The fourth-order valence-electron chi connectivity index (χ4n) is 3.05. The molecular weight excluding hydrogens is 296 g/mol. The SMILES string of the molecule is O=C(O)CC1CCCCN1C(=O)NCC1CCS(=O)(=O)C1. The van der Waals surface area contributed by atoms with E-state index in [0.717, 1.165) is 12.8 Å². The zero-order valence-electron chi connectivity index (χ0n) is 12.0. The van der Waals surface area contributed by atoms with Gasteiger partial charge in [-0.1, -0.05) is 0 Å². The van der Waals surface area contributed by atoms with Crippen LogP contribution in [0.5, 0.6) is 0 Å². The highest BCUT2D eigenvalue weighted by molar-refractivity contribution is 7.91. The van der Waals surface area contributed by atoms with Crippen molar-refractivity contribution in [1.82, 2.24) is 10.2 Å². The summed E-state index contributed by atoms with van der Waals surface area (Å²) in [5, 5.41) is 11.7. The number of carbonyl (C=O) groups is 2. The topological polar surface area (TPSA) is 104 Å². The second-order valence-electron chi connectivity index (χ2n) is 5.90. The van der Waals surface area contributed by atoms with E-state index in [4.69, 9.17) is 5.11 Å². The van der Waals surface area contributed by atoms with Crippen LogP contribution in [-0.2, 0) is 14.6 Å². The molecule has 2 saturated heterocycles. The highest BCUT2D eigenvalue weighted by Crippen LogP contribution is 2.21. The molecule has 2 rings (SSSR count). The van der Waals surface area contributed by atoms with Crippen molar-refractivity contribution in [3.63, 3.8) is 0 Å². The number of amides is 2. The van der Waals surface area contributed by atoms with Crippen molar-refractivity contribution in [2.75, 3.05) is 24.6 Å². The van der Waals surface area contributed by atoms with E-state index in [-0.39, 0.29) is 35.9 Å². The van der Waals surface area contributed by atoms with Crippen LogP contribution in [0.2, 0.25) is 0 Å². The average Bonchev–Trinajstić information content (AvgIpc) is 2.75. The molecule has 8 heteroatoms. The van der Waals surface area contributed by atoms with Crippen LogP contribution in [-0.4, -0.2) is 61.1 Å². The Morgan fingerprint density at radius 1 is 1.24 bits per heavy atom. The molecule has 2 N–H and O–H groups in total. The summed E-state index contributed by atoms with van der Waals surface area (Å²) in [4.78, 5) is 24.6. The van der Waals surface area contributed by atoms with E-state index in [1.54, 1.807) is 4.90 Å². The monoisotopic (exact) mass is 318 g/mol. The summed E-state index contributed by atoms with van der Waals surface area (Å²) >= 11 is 0. The van der Waals surface area contributed by atoms with Crippen LogP contribution in [0, 0.1) is 5.92 Å². The Balaban J connectivity index is 1.85. The third kappa shape index (κ3) is 4.59. The quantitative estimate of drug-likeness (QED) is 0.783. The van der Waals surface area contributed by atoms with E-state index >= 15 is 0 Å². The highest BCUT2D eigenvalue weighted by Gasteiger charge is 2.31. The molecular formula is C13H22N2O5S. The molecule has 2 unspecified atom stereocenters. The Morgan fingerprint density at radius 3 is 2.62 bits per heavy atom. The van der Waals surface area contributed by atoms with Gasteiger partial charge in [0.15, 0.2) is 9.84 Å². The van der Waals surface area contributed by atoms with E-state index < -0.39 is 15.8 Å². The van der Waals surface area contributed by atoms with Gasteiger partial charge < -0.3 is 15.3 Å². The Morgan fingerprint density at radius 2 is 2.00 bits per heavy atom. The van der Waals surface area contributed by atoms with Crippen molar-refractivity contribution in [2.45, 2.75) is 38.1 Å². The molecule has 0 spiro atoms. The Kier molecular flexibility index (Phi) is 5.08. The van der Waals surface area contributed by atoms with Gasteiger partial charge in [-0.25, -0.2) is 13.2 Å². The molecule has 2 atom stereocenters. The van der Waals surface area contributed by atoms with Crippen LogP contribution >= 0.6 is 0 Å². The molecule has 0 aromatic heterocycles. The van der Waals surface area contributed by atoms with Crippen LogP contribution in [0.25, 0.3) is 0 Å². The van der Waals surface area contributed by atoms with Gasteiger partial charge in [0.1, 0.15) is 0 Å². The van der Waals surface area contributed by atoms with Crippen molar-refractivity contribution in [1.29, 1.82) is 0 Å². The number of nitrogens with zero attached hydrogens (tertiary/aromatic N) is 1. The van der Waals surface area contributed by atoms with Gasteiger partial charge in [-0.2, -0.15) is 0 Å². The lowest BCUT2D eigenvalue weighted by Crippen LogP contribution is -2.50. The smallest absolute Gasteiger partial charge is 0.317 e. The zero-order chi connectivity index (χ0) is 15.5. The van der Waals surface area contributed by atoms with Crippen LogP contribution < -0.4 is 5.32 Å². The number of carbonyl (C=O) groups excluding carboxylic acids is 1. The standard InChI is InChI=1S/C13H22N2O5S/c16-12(17)7-11-3-1-2-5-15(11)13(18)14-8-10-4-6-21(19,20)9-10/h10-11H,1-9H2,(H,14,18)(H,16,17). The molecule has 0 bridgehead atoms. The second kappa shape index (κ2) is 6.64. The number of carboxylic acids is 1. The van der Waals surface area contributed by atoms with E-state index in [9.17, 15) is 18.0 Å². The minimum absolute atomic E-state index is 0.0262. The Bertz CT molecular complexity index is 505. The molecule has 2 heterocycles. The molecule has 2 aliphatic rings. The van der Waals surface area contributed by atoms with Gasteiger partial charge in [-0.05, 0) is 31.6 Å². The van der Waals surface area contributed by atoms with Crippen molar-refractivity contribution in [3.05, 3.63) is 0 Å². The first kappa shape index (κ1) is 16.1. The largest absolute Gasteiger partial charge is 0.481 e. The number of likely N-dealkylation sites (tertiary alicyclic amines) is 1. The summed E-state index contributed by atoms with van der Waals surface area (Å²) in [7, 11) is -2.94. The third-order valence-electron chi connectivity index (χ3n) is 4.17. The summed E-state index contributed by atoms with van der Waals surface area (Å²) in [6.45, 7) is 0.904. The van der Waals surface area contributed by atoms with Crippen LogP contribution in [0.1, 0.15) is 32.1 Å². The predicted molar refractivity (Wildman–Crippen MR) is 76.8 cm³/mol. The maximum Gasteiger partial charge on any atom is 0.317 e. The predicted octanol–water partition coefficient (Wildman–Crippen LogP) is 0.460. The van der Waals surface area contributed by atoms with Crippen molar-refractivity contribution < 1.29 is 23.1 Å². The van der Waals surface area contributed by atoms with Gasteiger partial charge in [0, 0.05) is 19.1 Å². The van der Waals surface area contributed by atoms with Crippen LogP contribution in [0.4, 0.5) is 4.79 Å². The van der Waals surface area contributed by atoms with Gasteiger partial charge in [0.2, 0.25) is 0 Å². The van der Waals surface area contributed by atoms with E-state index in [0.29, 0.717) is 25.9 Å². The lowest BCUT2D eigenvalue weighted by molar-refractivity contribution is -0.138. The van der Waals surface area contributed by atoms with Crippen molar-refractivity contribution >= 4 is 21.8 Å². The molecule has 2 fully saturated rings. The van der Waals surface area contributed by atoms with Crippen molar-refractivity contribution in [2.24, 2.45) is 5.92 Å². The molecule has 7 nitrogen and oxygen atoms in total. The maximum absolute atomic E-state index is 12.2. The number of hydrogen-bond acceptors (Lipinski definition) is 4. The number of sulfone groups is 1. The molecule has 0 radical (unpaired) electrons. The Labute approximate surface area is 124 Å². The fourth-order valence-corrected chi connectivity index (χ4v) is 4.91. The number of hydrogen-bond donors (Lipinski definition) is 2. The molecule has 0 aliphatic carbocycles. The lowest BCUT2D eigenvalue weighted by atomic mass is 10.00. The number of piperidine rings is 1. The summed E-state index contributed by atoms with van der Waals surface area (Å²) in [5.41, 5.74) is 0. The molecule has 0 saturated carbocycles. The van der Waals surface area contributed by atoms with Gasteiger partial charge in [0.05, 0.1) is 17.9 Å². The normalized spacial score (nSPS) is 28.3. The van der Waals surface area contributed by atoms with Gasteiger partial charge in [-0.15, -0.1) is 0 Å². The third-order valence-corrected chi connectivity index (χ3v) is 6.00. The van der Waals surface area contributed by atoms with Gasteiger partial charge in [-0.3, -0.25) is 4.79 Å². The second-order valence-corrected chi connectivity index (χ2v) is 8.12. The first-order valence-corrected chi connectivity index (χ1v) is 9.16. The molecule has 0 aromatic rings. The minimum atomic E-state index is -2.94. The van der Waals surface area contributed by atoms with Crippen molar-refractivity contribution in [3.8, 4) is 0 Å². The first-order valence-electron chi connectivity index (χ1n) is 7.34. The summed E-state index contributed by atoms with van der Waals surface area (Å²) in [6.07, 6.45) is 3.06. The fraction of sp³-hybridized carbons (Fsp3) is 0.846. The van der Waals surface area contributed by atoms with E-state index in [2.05, 4.69) is 5.32 Å². The maximum atomic E-state index is 12.2. The highest BCUT2D eigenvalue weighted by atomic mass is 32.2. The van der Waals surface area contributed by atoms with E-state index in [1.807, 2.05) is 0 Å². The summed E-state index contributed by atoms with van der Waals surface area (Å²) in [6, 6.07) is -0.534. The summed E-state index contributed by atoms with van der Waals surface area (Å²) in [5.74, 6) is -0.603. The van der Waals surface area contributed by atoms with E-state index in [1.165, 1.54) is 0 Å². The van der Waals surface area contributed by atoms with Gasteiger partial charge >= 0.3 is 12.0 Å². The minimum Gasteiger partial charge on any atom is -0.481 e. The zero-order valence-corrected chi connectivity index (χ0v) is 12.8. The number of nitrogens with one attached hydrogen (secondary N) is 1.